The molecule has 2 fully saturated rings. The summed E-state index contributed by atoms with van der Waals surface area (Å²) >= 11 is 0. The molecule has 0 atom stereocenters. The molecular weight excluding hydrogens is 144 g/mol. The summed E-state index contributed by atoms with van der Waals surface area (Å²) in [6, 6.07) is 0. The van der Waals surface area contributed by atoms with Crippen LogP contribution in [0.2, 0.25) is 0 Å². The van der Waals surface area contributed by atoms with Crippen LogP contribution in [-0.4, -0.2) is 0 Å². The SMILES string of the molecule is CC(C)C1CC2(CCCCC2)C1. The molecule has 0 aromatic carbocycles. The Morgan fingerprint density at radius 1 is 1.00 bits per heavy atom. The summed E-state index contributed by atoms with van der Waals surface area (Å²) in [4.78, 5) is 0. The van der Waals surface area contributed by atoms with E-state index in [0.717, 1.165) is 17.3 Å². The molecule has 0 heteroatoms. The van der Waals surface area contributed by atoms with Crippen LogP contribution in [-0.2, 0) is 0 Å². The molecule has 12 heavy (non-hydrogen) atoms. The topological polar surface area (TPSA) is 0 Å². The molecule has 0 bridgehead atoms. The Hall–Kier alpha value is 0. The van der Waals surface area contributed by atoms with E-state index >= 15 is 0 Å². The maximum absolute atomic E-state index is 2.39. The first-order valence-corrected chi connectivity index (χ1v) is 5.72. The fourth-order valence-corrected chi connectivity index (χ4v) is 3.23. The number of rotatable bonds is 1. The van der Waals surface area contributed by atoms with Gasteiger partial charge in [0.1, 0.15) is 0 Å². The Morgan fingerprint density at radius 2 is 1.58 bits per heavy atom. The molecule has 0 aliphatic heterocycles. The molecule has 0 aromatic heterocycles. The van der Waals surface area contributed by atoms with Crippen molar-refractivity contribution in [2.45, 2.75) is 58.8 Å². The van der Waals surface area contributed by atoms with Crippen LogP contribution in [0, 0.1) is 17.3 Å². The standard InChI is InChI=1S/C12H22/c1-10(2)11-8-12(9-11)6-4-3-5-7-12/h10-11H,3-9H2,1-2H3. The van der Waals surface area contributed by atoms with Crippen molar-refractivity contribution in [3.63, 3.8) is 0 Å². The molecule has 0 unspecified atom stereocenters. The Balaban J connectivity index is 1.84. The monoisotopic (exact) mass is 166 g/mol. The first kappa shape index (κ1) is 8.59. The molecule has 2 aliphatic rings. The van der Waals surface area contributed by atoms with Gasteiger partial charge in [-0.1, -0.05) is 33.1 Å². The minimum absolute atomic E-state index is 0.854. The average molecular weight is 166 g/mol. The molecule has 2 aliphatic carbocycles. The van der Waals surface area contributed by atoms with Crippen LogP contribution in [0.25, 0.3) is 0 Å². The first-order chi connectivity index (χ1) is 5.72. The summed E-state index contributed by atoms with van der Waals surface area (Å²) < 4.78 is 0. The van der Waals surface area contributed by atoms with Gasteiger partial charge in [-0.05, 0) is 42.9 Å². The van der Waals surface area contributed by atoms with E-state index in [1.807, 2.05) is 0 Å². The summed E-state index contributed by atoms with van der Waals surface area (Å²) in [5.74, 6) is 2.01. The molecule has 1 spiro atoms. The smallest absolute Gasteiger partial charge is 0.0292 e. The van der Waals surface area contributed by atoms with E-state index in [1.165, 1.54) is 19.3 Å². The second-order valence-electron chi connectivity index (χ2n) is 5.47. The lowest BCUT2D eigenvalue weighted by Crippen LogP contribution is -2.40. The third kappa shape index (κ3) is 1.41. The van der Waals surface area contributed by atoms with Crippen LogP contribution < -0.4 is 0 Å². The molecule has 0 aromatic rings. The zero-order valence-electron chi connectivity index (χ0n) is 8.60. The molecule has 2 rings (SSSR count). The maximum atomic E-state index is 2.39. The molecule has 70 valence electrons. The highest BCUT2D eigenvalue weighted by Crippen LogP contribution is 2.56. The zero-order chi connectivity index (χ0) is 8.60. The van der Waals surface area contributed by atoms with Crippen LogP contribution >= 0.6 is 0 Å². The van der Waals surface area contributed by atoms with Crippen molar-refractivity contribution in [3.05, 3.63) is 0 Å². The Morgan fingerprint density at radius 3 is 2.08 bits per heavy atom. The summed E-state index contributed by atoms with van der Waals surface area (Å²) in [6.07, 6.45) is 10.8. The largest absolute Gasteiger partial charge is 0.0625 e. The summed E-state index contributed by atoms with van der Waals surface area (Å²) in [6.45, 7) is 4.78. The third-order valence-corrected chi connectivity index (χ3v) is 4.25. The van der Waals surface area contributed by atoms with Gasteiger partial charge in [-0.25, -0.2) is 0 Å². The van der Waals surface area contributed by atoms with E-state index in [0.29, 0.717) is 0 Å². The van der Waals surface area contributed by atoms with Crippen molar-refractivity contribution in [2.24, 2.45) is 17.3 Å². The lowest BCUT2D eigenvalue weighted by molar-refractivity contribution is -0.00787. The van der Waals surface area contributed by atoms with Gasteiger partial charge in [0, 0.05) is 0 Å². The van der Waals surface area contributed by atoms with Gasteiger partial charge in [0.15, 0.2) is 0 Å². The minimum Gasteiger partial charge on any atom is -0.0625 e. The fraction of sp³-hybridized carbons (Fsp3) is 1.00. The van der Waals surface area contributed by atoms with Crippen molar-refractivity contribution in [1.82, 2.24) is 0 Å². The van der Waals surface area contributed by atoms with Crippen molar-refractivity contribution in [3.8, 4) is 0 Å². The predicted molar refractivity (Wildman–Crippen MR) is 53.1 cm³/mol. The first-order valence-electron chi connectivity index (χ1n) is 5.72. The highest BCUT2D eigenvalue weighted by atomic mass is 14.5. The third-order valence-electron chi connectivity index (χ3n) is 4.25. The number of hydrogen-bond acceptors (Lipinski definition) is 0. The van der Waals surface area contributed by atoms with E-state index in [9.17, 15) is 0 Å². The van der Waals surface area contributed by atoms with Crippen LogP contribution in [0.1, 0.15) is 58.8 Å². The van der Waals surface area contributed by atoms with E-state index in [4.69, 9.17) is 0 Å². The average Bonchev–Trinajstić information content (AvgIpc) is 2.01. The van der Waals surface area contributed by atoms with Crippen molar-refractivity contribution in [2.75, 3.05) is 0 Å². The highest BCUT2D eigenvalue weighted by Gasteiger charge is 2.44. The molecule has 0 N–H and O–H groups in total. The fourth-order valence-electron chi connectivity index (χ4n) is 3.23. The summed E-state index contributed by atoms with van der Waals surface area (Å²) in [5.41, 5.74) is 0.854. The summed E-state index contributed by atoms with van der Waals surface area (Å²) in [7, 11) is 0. The van der Waals surface area contributed by atoms with Crippen molar-refractivity contribution in [1.29, 1.82) is 0 Å². The Labute approximate surface area is 76.7 Å². The van der Waals surface area contributed by atoms with Crippen LogP contribution in [0.3, 0.4) is 0 Å². The quantitative estimate of drug-likeness (QED) is 0.552. The van der Waals surface area contributed by atoms with Gasteiger partial charge >= 0.3 is 0 Å². The Kier molecular flexibility index (Phi) is 2.18. The lowest BCUT2D eigenvalue weighted by atomic mass is 9.53. The second-order valence-corrected chi connectivity index (χ2v) is 5.47. The second kappa shape index (κ2) is 3.05. The minimum atomic E-state index is 0.854. The molecule has 0 radical (unpaired) electrons. The van der Waals surface area contributed by atoms with E-state index in [-0.39, 0.29) is 0 Å². The predicted octanol–water partition coefficient (Wildman–Crippen LogP) is 4.00. The maximum Gasteiger partial charge on any atom is -0.0292 e. The zero-order valence-corrected chi connectivity index (χ0v) is 8.60. The van der Waals surface area contributed by atoms with Gasteiger partial charge in [-0.3, -0.25) is 0 Å². The molecular formula is C12H22. The lowest BCUT2D eigenvalue weighted by Gasteiger charge is -2.52. The van der Waals surface area contributed by atoms with E-state index < -0.39 is 0 Å². The molecule has 0 amide bonds. The molecule has 0 nitrogen and oxygen atoms in total. The van der Waals surface area contributed by atoms with Crippen LogP contribution in [0.5, 0.6) is 0 Å². The molecule has 2 saturated carbocycles. The van der Waals surface area contributed by atoms with Gasteiger partial charge < -0.3 is 0 Å². The molecule has 0 heterocycles. The van der Waals surface area contributed by atoms with Crippen LogP contribution in [0.4, 0.5) is 0 Å². The summed E-state index contributed by atoms with van der Waals surface area (Å²) in [5, 5.41) is 0. The van der Waals surface area contributed by atoms with Crippen molar-refractivity contribution < 1.29 is 0 Å². The highest BCUT2D eigenvalue weighted by molar-refractivity contribution is 4.95. The van der Waals surface area contributed by atoms with E-state index in [1.54, 1.807) is 25.7 Å². The van der Waals surface area contributed by atoms with Crippen LogP contribution in [0.15, 0.2) is 0 Å². The van der Waals surface area contributed by atoms with E-state index in [2.05, 4.69) is 13.8 Å². The van der Waals surface area contributed by atoms with Gasteiger partial charge in [0.2, 0.25) is 0 Å². The normalized spacial score (nSPS) is 29.2. The van der Waals surface area contributed by atoms with Gasteiger partial charge in [-0.2, -0.15) is 0 Å². The van der Waals surface area contributed by atoms with Gasteiger partial charge in [0.25, 0.3) is 0 Å². The van der Waals surface area contributed by atoms with Gasteiger partial charge in [-0.15, -0.1) is 0 Å². The Bertz CT molecular complexity index is 143. The van der Waals surface area contributed by atoms with Gasteiger partial charge in [0.05, 0.1) is 0 Å². The molecule has 0 saturated heterocycles. The number of hydrogen-bond donors (Lipinski definition) is 0. The van der Waals surface area contributed by atoms with Crippen molar-refractivity contribution >= 4 is 0 Å².